The van der Waals surface area contributed by atoms with Crippen LogP contribution in [0.15, 0.2) is 0 Å². The molecule has 0 spiro atoms. The largest absolute Gasteiger partial charge is 0.444 e. The predicted molar refractivity (Wildman–Crippen MR) is 130 cm³/mol. The van der Waals surface area contributed by atoms with Gasteiger partial charge in [-0.2, -0.15) is 0 Å². The van der Waals surface area contributed by atoms with Crippen molar-refractivity contribution in [2.45, 2.75) is 90.4 Å². The average molecular weight is 499 g/mol. The van der Waals surface area contributed by atoms with Gasteiger partial charge in [0.05, 0.1) is 0 Å². The van der Waals surface area contributed by atoms with Crippen molar-refractivity contribution >= 4 is 29.7 Å². The van der Waals surface area contributed by atoms with Crippen molar-refractivity contribution < 1.29 is 28.7 Å². The van der Waals surface area contributed by atoms with Crippen LogP contribution < -0.4 is 27.4 Å². The molecule has 5 amide bonds. The van der Waals surface area contributed by atoms with E-state index in [9.17, 15) is 24.0 Å². The van der Waals surface area contributed by atoms with Gasteiger partial charge in [-0.05, 0) is 65.3 Å². The average Bonchev–Trinajstić information content (AvgIpc) is 3.23. The summed E-state index contributed by atoms with van der Waals surface area (Å²) < 4.78 is 5.11. The van der Waals surface area contributed by atoms with Gasteiger partial charge in [0.2, 0.25) is 23.6 Å². The van der Waals surface area contributed by atoms with Crippen molar-refractivity contribution in [2.24, 2.45) is 17.4 Å². The molecule has 0 saturated carbocycles. The van der Waals surface area contributed by atoms with Gasteiger partial charge in [0, 0.05) is 6.54 Å². The van der Waals surface area contributed by atoms with Crippen LogP contribution in [0.5, 0.6) is 0 Å². The normalized spacial score (nSPS) is 17.5. The van der Waals surface area contributed by atoms with Crippen LogP contribution in [0.2, 0.25) is 0 Å². The molecule has 35 heavy (non-hydrogen) atoms. The van der Waals surface area contributed by atoms with Crippen molar-refractivity contribution in [1.82, 2.24) is 20.9 Å². The van der Waals surface area contributed by atoms with E-state index >= 15 is 0 Å². The summed E-state index contributed by atoms with van der Waals surface area (Å²) in [4.78, 5) is 63.7. The molecule has 1 heterocycles. The summed E-state index contributed by atoms with van der Waals surface area (Å²) in [6.45, 7) is 9.06. The molecular formula is C23H42N6O6. The highest BCUT2D eigenvalue weighted by molar-refractivity contribution is 5.94. The summed E-state index contributed by atoms with van der Waals surface area (Å²) in [7, 11) is 0. The van der Waals surface area contributed by atoms with Gasteiger partial charge in [0.25, 0.3) is 0 Å². The Morgan fingerprint density at radius 3 is 2.29 bits per heavy atom. The first-order chi connectivity index (χ1) is 16.3. The molecule has 0 aromatic carbocycles. The van der Waals surface area contributed by atoms with Crippen LogP contribution in [0.4, 0.5) is 4.79 Å². The fourth-order valence-corrected chi connectivity index (χ4v) is 3.78. The Kier molecular flexibility index (Phi) is 11.9. The summed E-state index contributed by atoms with van der Waals surface area (Å²) in [6, 6.07) is -2.50. The van der Waals surface area contributed by atoms with Gasteiger partial charge in [-0.1, -0.05) is 13.8 Å². The van der Waals surface area contributed by atoms with E-state index in [0.717, 1.165) is 0 Å². The molecule has 3 atom stereocenters. The van der Waals surface area contributed by atoms with Gasteiger partial charge >= 0.3 is 6.09 Å². The molecule has 0 bridgehead atoms. The van der Waals surface area contributed by atoms with Crippen molar-refractivity contribution in [3.63, 3.8) is 0 Å². The number of primary amides is 1. The molecule has 12 heteroatoms. The number of rotatable bonds is 12. The molecule has 1 saturated heterocycles. The number of nitrogens with one attached hydrogen (secondary N) is 3. The highest BCUT2D eigenvalue weighted by atomic mass is 16.6. The second-order valence-corrected chi connectivity index (χ2v) is 10.1. The molecule has 0 aromatic rings. The van der Waals surface area contributed by atoms with Gasteiger partial charge < -0.3 is 37.1 Å². The van der Waals surface area contributed by atoms with E-state index in [1.165, 1.54) is 4.90 Å². The maximum atomic E-state index is 13.4. The van der Waals surface area contributed by atoms with Crippen molar-refractivity contribution in [3.8, 4) is 0 Å². The van der Waals surface area contributed by atoms with Crippen LogP contribution in [-0.4, -0.2) is 78.0 Å². The molecule has 0 aromatic heterocycles. The zero-order valence-electron chi connectivity index (χ0n) is 21.5. The van der Waals surface area contributed by atoms with E-state index < -0.39 is 53.4 Å². The zero-order chi connectivity index (χ0) is 26.8. The third kappa shape index (κ3) is 10.5. The Bertz CT molecular complexity index is 766. The SMILES string of the molecule is CC(C)[C@H](NC(=O)[C@@H]1CCCN1C(=O)[C@H](CCCCN)NC(=O)CNC(=O)OC(C)(C)C)C(N)=O. The number of hydrogen-bond acceptors (Lipinski definition) is 7. The zero-order valence-corrected chi connectivity index (χ0v) is 21.5. The van der Waals surface area contributed by atoms with Crippen LogP contribution in [0.3, 0.4) is 0 Å². The molecule has 7 N–H and O–H groups in total. The molecular weight excluding hydrogens is 456 g/mol. The van der Waals surface area contributed by atoms with Crippen molar-refractivity contribution in [1.29, 1.82) is 0 Å². The van der Waals surface area contributed by atoms with Crippen LogP contribution >= 0.6 is 0 Å². The van der Waals surface area contributed by atoms with Gasteiger partial charge in [-0.25, -0.2) is 4.79 Å². The van der Waals surface area contributed by atoms with Gasteiger partial charge in [0.15, 0.2) is 0 Å². The lowest BCUT2D eigenvalue weighted by Crippen LogP contribution is -2.57. The molecule has 200 valence electrons. The van der Waals surface area contributed by atoms with E-state index in [0.29, 0.717) is 45.2 Å². The van der Waals surface area contributed by atoms with Gasteiger partial charge in [-0.15, -0.1) is 0 Å². The van der Waals surface area contributed by atoms with E-state index in [1.807, 2.05) is 0 Å². The smallest absolute Gasteiger partial charge is 0.408 e. The molecule has 0 radical (unpaired) electrons. The predicted octanol–water partition coefficient (Wildman–Crippen LogP) is -0.258. The minimum Gasteiger partial charge on any atom is -0.444 e. The number of alkyl carbamates (subject to hydrolysis) is 1. The molecule has 0 aliphatic carbocycles. The second-order valence-electron chi connectivity index (χ2n) is 10.1. The molecule has 1 aliphatic heterocycles. The number of likely N-dealkylation sites (tertiary alicyclic amines) is 1. The second kappa shape index (κ2) is 13.9. The maximum Gasteiger partial charge on any atom is 0.408 e. The highest BCUT2D eigenvalue weighted by Gasteiger charge is 2.38. The molecule has 12 nitrogen and oxygen atoms in total. The fraction of sp³-hybridized carbons (Fsp3) is 0.783. The maximum absolute atomic E-state index is 13.4. The van der Waals surface area contributed by atoms with Gasteiger partial charge in [-0.3, -0.25) is 19.2 Å². The summed E-state index contributed by atoms with van der Waals surface area (Å²) >= 11 is 0. The fourth-order valence-electron chi connectivity index (χ4n) is 3.78. The lowest BCUT2D eigenvalue weighted by molar-refractivity contribution is -0.142. The Morgan fingerprint density at radius 2 is 1.74 bits per heavy atom. The first kappa shape index (κ1) is 30.1. The molecule has 1 aliphatic rings. The molecule has 1 rings (SSSR count). The van der Waals surface area contributed by atoms with Crippen LogP contribution in [0, 0.1) is 5.92 Å². The van der Waals surface area contributed by atoms with Crippen LogP contribution in [-0.2, 0) is 23.9 Å². The quantitative estimate of drug-likeness (QED) is 0.229. The number of nitrogens with two attached hydrogens (primary N) is 2. The van der Waals surface area contributed by atoms with Crippen molar-refractivity contribution in [2.75, 3.05) is 19.6 Å². The van der Waals surface area contributed by atoms with E-state index in [-0.39, 0.29) is 12.5 Å². The monoisotopic (exact) mass is 498 g/mol. The standard InChI is InChI=1S/C23H42N6O6/c1-14(2)18(19(25)31)28-20(32)16-10-8-12-29(16)21(33)15(9-6-7-11-24)27-17(30)13-26-22(34)35-23(3,4)5/h14-16,18H,6-13,24H2,1-5H3,(H2,25,31)(H,26,34)(H,27,30)(H,28,32)/t15-,16-,18-/m0/s1. The Hall–Kier alpha value is -2.89. The number of unbranched alkanes of at least 4 members (excludes halogenated alkanes) is 1. The first-order valence-electron chi connectivity index (χ1n) is 12.1. The number of ether oxygens (including phenoxy) is 1. The van der Waals surface area contributed by atoms with Gasteiger partial charge in [0.1, 0.15) is 30.3 Å². The third-order valence-electron chi connectivity index (χ3n) is 5.48. The Morgan fingerprint density at radius 1 is 1.09 bits per heavy atom. The van der Waals surface area contributed by atoms with E-state index in [1.54, 1.807) is 34.6 Å². The lowest BCUT2D eigenvalue weighted by atomic mass is 10.0. The number of hydrogen-bond donors (Lipinski definition) is 5. The first-order valence-corrected chi connectivity index (χ1v) is 12.1. The Labute approximate surface area is 207 Å². The number of nitrogens with zero attached hydrogens (tertiary/aromatic N) is 1. The minimum absolute atomic E-state index is 0.206. The summed E-state index contributed by atoms with van der Waals surface area (Å²) in [5, 5.41) is 7.68. The molecule has 1 fully saturated rings. The van der Waals surface area contributed by atoms with E-state index in [4.69, 9.17) is 16.2 Å². The Balaban J connectivity index is 2.86. The highest BCUT2D eigenvalue weighted by Crippen LogP contribution is 2.20. The van der Waals surface area contributed by atoms with Crippen LogP contribution in [0.25, 0.3) is 0 Å². The number of carbonyl (C=O) groups is 5. The number of carbonyl (C=O) groups excluding carboxylic acids is 5. The summed E-state index contributed by atoms with van der Waals surface area (Å²) in [5.41, 5.74) is 10.3. The number of amides is 5. The topological polar surface area (TPSA) is 186 Å². The van der Waals surface area contributed by atoms with E-state index in [2.05, 4.69) is 16.0 Å². The molecule has 0 unspecified atom stereocenters. The minimum atomic E-state index is -0.889. The third-order valence-corrected chi connectivity index (χ3v) is 5.48. The van der Waals surface area contributed by atoms with Crippen LogP contribution in [0.1, 0.15) is 66.7 Å². The summed E-state index contributed by atoms with van der Waals surface area (Å²) in [5.74, 6) is -2.26. The lowest BCUT2D eigenvalue weighted by Gasteiger charge is -2.30. The van der Waals surface area contributed by atoms with Crippen molar-refractivity contribution in [3.05, 3.63) is 0 Å². The summed E-state index contributed by atoms with van der Waals surface area (Å²) in [6.07, 6.45) is 1.88.